The number of imidazole rings is 1. The summed E-state index contributed by atoms with van der Waals surface area (Å²) in [5.74, 6) is 2.00. The Bertz CT molecular complexity index is 1440. The minimum absolute atomic E-state index is 0.207. The molecule has 1 aromatic heterocycles. The predicted octanol–water partition coefficient (Wildman–Crippen LogP) is 5.74. The maximum Gasteiger partial charge on any atom is 0.349 e. The van der Waals surface area contributed by atoms with E-state index in [9.17, 15) is 4.79 Å². The summed E-state index contributed by atoms with van der Waals surface area (Å²) in [7, 11) is 1.58. The van der Waals surface area contributed by atoms with Crippen molar-refractivity contribution in [1.82, 2.24) is 9.55 Å². The highest BCUT2D eigenvalue weighted by atomic mass is 16.6. The zero-order chi connectivity index (χ0) is 24.0. The van der Waals surface area contributed by atoms with Gasteiger partial charge in [-0.1, -0.05) is 48.5 Å². The van der Waals surface area contributed by atoms with Crippen LogP contribution in [-0.4, -0.2) is 29.2 Å². The number of ether oxygens (including phenoxy) is 3. The van der Waals surface area contributed by atoms with Crippen LogP contribution in [-0.2, 0) is 11.3 Å². The number of rotatable bonds is 8. The molecule has 0 fully saturated rings. The van der Waals surface area contributed by atoms with Gasteiger partial charge in [-0.25, -0.2) is 9.78 Å². The van der Waals surface area contributed by atoms with Crippen molar-refractivity contribution in [2.24, 2.45) is 0 Å². The van der Waals surface area contributed by atoms with Crippen molar-refractivity contribution in [3.63, 3.8) is 0 Å². The fourth-order valence-electron chi connectivity index (χ4n) is 3.89. The van der Waals surface area contributed by atoms with Gasteiger partial charge in [-0.05, 0) is 54.1 Å². The van der Waals surface area contributed by atoms with Crippen LogP contribution >= 0.6 is 0 Å². The van der Waals surface area contributed by atoms with E-state index in [0.717, 1.165) is 22.4 Å². The van der Waals surface area contributed by atoms with E-state index in [0.29, 0.717) is 23.8 Å². The molecule has 174 valence electrons. The van der Waals surface area contributed by atoms with E-state index >= 15 is 0 Å². The SMILES string of the molecule is COc1cccc(OCC(=O)Oc2ccc(-c3nc4ccccc4n3Cc3ccccc3)cc2)c1. The molecule has 6 nitrogen and oxygen atoms in total. The molecule has 0 amide bonds. The molecule has 35 heavy (non-hydrogen) atoms. The van der Waals surface area contributed by atoms with Crippen LogP contribution in [0.4, 0.5) is 0 Å². The number of benzene rings is 4. The summed E-state index contributed by atoms with van der Waals surface area (Å²) in [6, 6.07) is 32.8. The lowest BCUT2D eigenvalue weighted by Gasteiger charge is -2.11. The minimum Gasteiger partial charge on any atom is -0.497 e. The van der Waals surface area contributed by atoms with Gasteiger partial charge < -0.3 is 18.8 Å². The van der Waals surface area contributed by atoms with E-state index < -0.39 is 5.97 Å². The summed E-state index contributed by atoms with van der Waals surface area (Å²) in [6.07, 6.45) is 0. The second-order valence-electron chi connectivity index (χ2n) is 7.96. The Morgan fingerprint density at radius 2 is 1.54 bits per heavy atom. The van der Waals surface area contributed by atoms with Gasteiger partial charge in [-0.15, -0.1) is 0 Å². The number of aromatic nitrogens is 2. The molecule has 0 saturated heterocycles. The number of fused-ring (bicyclic) bond motifs is 1. The van der Waals surface area contributed by atoms with Gasteiger partial charge in [-0.3, -0.25) is 0 Å². The van der Waals surface area contributed by atoms with Gasteiger partial charge in [0.05, 0.1) is 18.1 Å². The highest BCUT2D eigenvalue weighted by Crippen LogP contribution is 2.27. The van der Waals surface area contributed by atoms with Crippen molar-refractivity contribution < 1.29 is 19.0 Å². The maximum absolute atomic E-state index is 12.3. The fourth-order valence-corrected chi connectivity index (χ4v) is 3.89. The van der Waals surface area contributed by atoms with Gasteiger partial charge in [0.15, 0.2) is 6.61 Å². The van der Waals surface area contributed by atoms with Gasteiger partial charge in [0.1, 0.15) is 23.1 Å². The van der Waals surface area contributed by atoms with Gasteiger partial charge in [-0.2, -0.15) is 0 Å². The second kappa shape index (κ2) is 10.1. The van der Waals surface area contributed by atoms with E-state index in [1.807, 2.05) is 48.5 Å². The van der Waals surface area contributed by atoms with Crippen LogP contribution in [0, 0.1) is 0 Å². The molecule has 1 heterocycles. The van der Waals surface area contributed by atoms with E-state index in [1.165, 1.54) is 5.56 Å². The summed E-state index contributed by atoms with van der Waals surface area (Å²) in [5.41, 5.74) is 4.13. The molecule has 4 aromatic carbocycles. The third-order valence-electron chi connectivity index (χ3n) is 5.58. The van der Waals surface area contributed by atoms with Crippen LogP contribution in [0.3, 0.4) is 0 Å². The first-order chi connectivity index (χ1) is 17.2. The van der Waals surface area contributed by atoms with Gasteiger partial charge in [0.25, 0.3) is 0 Å². The molecule has 0 spiro atoms. The Kier molecular flexibility index (Phi) is 6.44. The number of carbonyl (C=O) groups excluding carboxylic acids is 1. The largest absolute Gasteiger partial charge is 0.497 e. The molecule has 0 saturated carbocycles. The molecule has 0 bridgehead atoms. The smallest absolute Gasteiger partial charge is 0.349 e. The van der Waals surface area contributed by atoms with Crippen molar-refractivity contribution >= 4 is 17.0 Å². The monoisotopic (exact) mass is 464 g/mol. The van der Waals surface area contributed by atoms with Crippen LogP contribution in [0.5, 0.6) is 17.2 Å². The van der Waals surface area contributed by atoms with Crippen LogP contribution < -0.4 is 14.2 Å². The standard InChI is InChI=1S/C29H24N2O4/c1-33-24-10-7-11-25(18-24)34-20-28(32)35-23-16-14-22(15-17-23)29-30-26-12-5-6-13-27(26)31(29)19-21-8-3-2-4-9-21/h2-18H,19-20H2,1H3. The van der Waals surface area contributed by atoms with Crippen molar-refractivity contribution in [2.45, 2.75) is 6.54 Å². The Morgan fingerprint density at radius 3 is 2.34 bits per heavy atom. The van der Waals surface area contributed by atoms with Crippen LogP contribution in [0.1, 0.15) is 5.56 Å². The number of methoxy groups -OCH3 is 1. The lowest BCUT2D eigenvalue weighted by molar-refractivity contribution is -0.136. The van der Waals surface area contributed by atoms with Crippen LogP contribution in [0.2, 0.25) is 0 Å². The predicted molar refractivity (Wildman–Crippen MR) is 135 cm³/mol. The molecule has 0 aliphatic heterocycles. The molecule has 0 N–H and O–H groups in total. The highest BCUT2D eigenvalue weighted by molar-refractivity contribution is 5.81. The lowest BCUT2D eigenvalue weighted by Crippen LogP contribution is -2.17. The molecule has 0 aliphatic rings. The summed E-state index contributed by atoms with van der Waals surface area (Å²) < 4.78 is 18.3. The van der Waals surface area contributed by atoms with Crippen molar-refractivity contribution in [3.05, 3.63) is 109 Å². The Hall–Kier alpha value is -4.58. The summed E-state index contributed by atoms with van der Waals surface area (Å²) in [5, 5.41) is 0. The fraction of sp³-hybridized carbons (Fsp3) is 0.103. The molecule has 5 rings (SSSR count). The molecule has 6 heteroatoms. The van der Waals surface area contributed by atoms with Crippen molar-refractivity contribution in [1.29, 1.82) is 0 Å². The molecular formula is C29H24N2O4. The van der Waals surface area contributed by atoms with Crippen LogP contribution in [0.15, 0.2) is 103 Å². The first-order valence-electron chi connectivity index (χ1n) is 11.3. The third kappa shape index (κ3) is 5.17. The number of carbonyl (C=O) groups is 1. The second-order valence-corrected chi connectivity index (χ2v) is 7.96. The molecular weight excluding hydrogens is 440 g/mol. The molecule has 0 unspecified atom stereocenters. The summed E-state index contributed by atoms with van der Waals surface area (Å²) in [4.78, 5) is 17.1. The number of esters is 1. The lowest BCUT2D eigenvalue weighted by atomic mass is 10.2. The van der Waals surface area contributed by atoms with E-state index in [-0.39, 0.29) is 6.61 Å². The first-order valence-corrected chi connectivity index (χ1v) is 11.3. The first kappa shape index (κ1) is 22.2. The van der Waals surface area contributed by atoms with Crippen molar-refractivity contribution in [2.75, 3.05) is 13.7 Å². The van der Waals surface area contributed by atoms with E-state index in [2.05, 4.69) is 22.8 Å². The van der Waals surface area contributed by atoms with Gasteiger partial charge in [0.2, 0.25) is 0 Å². The van der Waals surface area contributed by atoms with Crippen LogP contribution in [0.25, 0.3) is 22.4 Å². The Balaban J connectivity index is 1.31. The zero-order valence-corrected chi connectivity index (χ0v) is 19.3. The molecule has 0 atom stereocenters. The van der Waals surface area contributed by atoms with E-state index in [1.54, 1.807) is 43.5 Å². The quantitative estimate of drug-likeness (QED) is 0.216. The molecule has 0 aliphatic carbocycles. The number of nitrogens with zero attached hydrogens (tertiary/aromatic N) is 2. The highest BCUT2D eigenvalue weighted by Gasteiger charge is 2.14. The number of hydrogen-bond donors (Lipinski definition) is 0. The zero-order valence-electron chi connectivity index (χ0n) is 19.3. The normalized spacial score (nSPS) is 10.8. The van der Waals surface area contributed by atoms with E-state index in [4.69, 9.17) is 19.2 Å². The third-order valence-corrected chi connectivity index (χ3v) is 5.58. The molecule has 5 aromatic rings. The summed E-state index contributed by atoms with van der Waals surface area (Å²) in [6.45, 7) is 0.497. The topological polar surface area (TPSA) is 62.6 Å². The Morgan fingerprint density at radius 1 is 0.800 bits per heavy atom. The Labute approximate surface area is 203 Å². The number of para-hydroxylation sites is 2. The average Bonchev–Trinajstić information content (AvgIpc) is 3.27. The average molecular weight is 465 g/mol. The number of hydrogen-bond acceptors (Lipinski definition) is 5. The molecule has 0 radical (unpaired) electrons. The van der Waals surface area contributed by atoms with Gasteiger partial charge >= 0.3 is 5.97 Å². The van der Waals surface area contributed by atoms with Crippen molar-refractivity contribution in [3.8, 4) is 28.6 Å². The van der Waals surface area contributed by atoms with Gasteiger partial charge in [0, 0.05) is 18.2 Å². The maximum atomic E-state index is 12.3. The minimum atomic E-state index is -0.489. The summed E-state index contributed by atoms with van der Waals surface area (Å²) >= 11 is 0.